The Kier molecular flexibility index (Phi) is 6.45. The van der Waals surface area contributed by atoms with Gasteiger partial charge in [-0.15, -0.1) is 11.8 Å². The number of benzene rings is 2. The molecule has 0 atom stereocenters. The molecule has 32 heavy (non-hydrogen) atoms. The first kappa shape index (κ1) is 22.6. The summed E-state index contributed by atoms with van der Waals surface area (Å²) in [5.74, 6) is -0.263. The Bertz CT molecular complexity index is 1160. The van der Waals surface area contributed by atoms with Crippen molar-refractivity contribution in [1.29, 1.82) is 0 Å². The van der Waals surface area contributed by atoms with E-state index >= 15 is 0 Å². The highest BCUT2D eigenvalue weighted by Crippen LogP contribution is 2.35. The van der Waals surface area contributed by atoms with Gasteiger partial charge >= 0.3 is 0 Å². The summed E-state index contributed by atoms with van der Waals surface area (Å²) in [6, 6.07) is 10.7. The molecule has 2 aromatic rings. The molecule has 0 radical (unpaired) electrons. The van der Waals surface area contributed by atoms with Gasteiger partial charge in [-0.05, 0) is 55.9 Å². The number of sulfonamides is 1. The first-order chi connectivity index (χ1) is 15.3. The normalized spacial score (nSPS) is 17.2. The first-order valence-electron chi connectivity index (χ1n) is 10.3. The molecule has 4 rings (SSSR count). The van der Waals surface area contributed by atoms with Crippen LogP contribution in [0.4, 0.5) is 11.4 Å². The Morgan fingerprint density at radius 3 is 2.69 bits per heavy atom. The molecule has 0 aromatic heterocycles. The number of thioether (sulfide) groups is 1. The van der Waals surface area contributed by atoms with Crippen LogP contribution in [0.3, 0.4) is 0 Å². The summed E-state index contributed by atoms with van der Waals surface area (Å²) in [6.07, 6.45) is 2.87. The van der Waals surface area contributed by atoms with Crippen LogP contribution < -0.4 is 15.4 Å². The molecule has 170 valence electrons. The van der Waals surface area contributed by atoms with Crippen molar-refractivity contribution in [2.75, 3.05) is 36.6 Å². The van der Waals surface area contributed by atoms with Gasteiger partial charge in [0.05, 0.1) is 10.6 Å². The average molecular weight is 476 g/mol. The molecule has 1 fully saturated rings. The highest BCUT2D eigenvalue weighted by atomic mass is 32.2. The summed E-state index contributed by atoms with van der Waals surface area (Å²) < 4.78 is 33.4. The number of fused-ring (bicyclic) bond motifs is 1. The second kappa shape index (κ2) is 9.13. The van der Waals surface area contributed by atoms with Crippen molar-refractivity contribution in [3.63, 3.8) is 0 Å². The third-order valence-electron chi connectivity index (χ3n) is 5.69. The topological polar surface area (TPSA) is 105 Å². The molecule has 2 amide bonds. The van der Waals surface area contributed by atoms with Crippen molar-refractivity contribution >= 4 is 45.0 Å². The summed E-state index contributed by atoms with van der Waals surface area (Å²) in [7, 11) is -3.75. The molecule has 2 aromatic carbocycles. The number of piperidine rings is 1. The smallest absolute Gasteiger partial charge is 0.262 e. The van der Waals surface area contributed by atoms with E-state index in [4.69, 9.17) is 4.74 Å². The highest BCUT2D eigenvalue weighted by Gasteiger charge is 2.34. The van der Waals surface area contributed by atoms with Crippen LogP contribution in [0.15, 0.2) is 46.2 Å². The summed E-state index contributed by atoms with van der Waals surface area (Å²) >= 11 is 1.60. The van der Waals surface area contributed by atoms with Crippen molar-refractivity contribution in [3.05, 3.63) is 42.0 Å². The molecule has 2 heterocycles. The molecule has 0 saturated carbocycles. The lowest BCUT2D eigenvalue weighted by molar-refractivity contribution is -0.121. The zero-order valence-electron chi connectivity index (χ0n) is 17.9. The Morgan fingerprint density at radius 1 is 1.22 bits per heavy atom. The third-order valence-corrected chi connectivity index (χ3v) is 8.46. The fourth-order valence-electron chi connectivity index (χ4n) is 3.94. The fraction of sp³-hybridized carbons (Fsp3) is 0.364. The van der Waals surface area contributed by atoms with Crippen LogP contribution in [0.1, 0.15) is 18.4 Å². The fourth-order valence-corrected chi connectivity index (χ4v) is 6.09. The van der Waals surface area contributed by atoms with E-state index in [-0.39, 0.29) is 42.3 Å². The molecule has 0 aliphatic carbocycles. The third kappa shape index (κ3) is 4.62. The molecule has 8 nitrogen and oxygen atoms in total. The lowest BCUT2D eigenvalue weighted by atomic mass is 9.97. The lowest BCUT2D eigenvalue weighted by Crippen LogP contribution is -2.41. The zero-order chi connectivity index (χ0) is 22.9. The van der Waals surface area contributed by atoms with Crippen LogP contribution in [0.5, 0.6) is 5.75 Å². The first-order valence-corrected chi connectivity index (χ1v) is 13.0. The Hall–Kier alpha value is -2.56. The van der Waals surface area contributed by atoms with Crippen LogP contribution in [0, 0.1) is 12.8 Å². The van der Waals surface area contributed by atoms with Gasteiger partial charge in [-0.25, -0.2) is 8.42 Å². The van der Waals surface area contributed by atoms with Crippen molar-refractivity contribution in [2.24, 2.45) is 5.92 Å². The predicted molar refractivity (Wildman–Crippen MR) is 124 cm³/mol. The number of rotatable bonds is 5. The van der Waals surface area contributed by atoms with E-state index in [1.807, 2.05) is 30.5 Å². The molecule has 0 unspecified atom stereocenters. The van der Waals surface area contributed by atoms with Crippen molar-refractivity contribution in [2.45, 2.75) is 29.6 Å². The standard InChI is InChI=1S/C22H25N3O5S2/c1-14-10-18-19(30-13-21(26)24-18)12-20(14)32(28,29)25-8-6-15(7-9-25)22(27)23-16-4-3-5-17(11-16)31-2/h3-5,10-12,15H,6-9,13H2,1-2H3,(H,23,27)(H,24,26). The molecule has 0 bridgehead atoms. The van der Waals surface area contributed by atoms with Crippen molar-refractivity contribution in [1.82, 2.24) is 4.31 Å². The minimum atomic E-state index is -3.75. The second-order valence-electron chi connectivity index (χ2n) is 7.85. The molecule has 0 spiro atoms. The highest BCUT2D eigenvalue weighted by molar-refractivity contribution is 7.98. The van der Waals surface area contributed by atoms with E-state index in [9.17, 15) is 18.0 Å². The number of amides is 2. The van der Waals surface area contributed by atoms with E-state index in [0.29, 0.717) is 29.8 Å². The number of ether oxygens (including phenoxy) is 1. The quantitative estimate of drug-likeness (QED) is 0.644. The van der Waals surface area contributed by atoms with E-state index < -0.39 is 10.0 Å². The van der Waals surface area contributed by atoms with Crippen LogP contribution in [-0.4, -0.2) is 50.5 Å². The maximum absolute atomic E-state index is 13.3. The minimum Gasteiger partial charge on any atom is -0.482 e. The van der Waals surface area contributed by atoms with Crippen molar-refractivity contribution < 1.29 is 22.7 Å². The molecule has 2 N–H and O–H groups in total. The maximum atomic E-state index is 13.3. The van der Waals surface area contributed by atoms with Gasteiger partial charge in [-0.1, -0.05) is 6.07 Å². The van der Waals surface area contributed by atoms with Crippen LogP contribution in [-0.2, 0) is 19.6 Å². The predicted octanol–water partition coefficient (Wildman–Crippen LogP) is 3.09. The molecule has 1 saturated heterocycles. The van der Waals surface area contributed by atoms with Crippen LogP contribution >= 0.6 is 11.8 Å². The molecular formula is C22H25N3O5S2. The number of carbonyl (C=O) groups is 2. The Morgan fingerprint density at radius 2 is 1.97 bits per heavy atom. The largest absolute Gasteiger partial charge is 0.482 e. The number of nitrogens with zero attached hydrogens (tertiary/aromatic N) is 1. The number of aryl methyl sites for hydroxylation is 1. The van der Waals surface area contributed by atoms with Gasteiger partial charge in [0.1, 0.15) is 5.75 Å². The number of anilines is 2. The van der Waals surface area contributed by atoms with E-state index in [0.717, 1.165) is 10.6 Å². The van der Waals surface area contributed by atoms with Crippen LogP contribution in [0.25, 0.3) is 0 Å². The number of carbonyl (C=O) groups excluding carboxylic acids is 2. The van der Waals surface area contributed by atoms with Gasteiger partial charge in [-0.2, -0.15) is 4.31 Å². The number of hydrogen-bond donors (Lipinski definition) is 2. The molecule has 10 heteroatoms. The van der Waals surface area contributed by atoms with Gasteiger partial charge < -0.3 is 15.4 Å². The van der Waals surface area contributed by atoms with Crippen molar-refractivity contribution in [3.8, 4) is 5.75 Å². The van der Waals surface area contributed by atoms with Gasteiger partial charge in [0.2, 0.25) is 15.9 Å². The Labute approximate surface area is 191 Å². The average Bonchev–Trinajstić information content (AvgIpc) is 2.78. The maximum Gasteiger partial charge on any atom is 0.262 e. The Balaban J connectivity index is 1.43. The minimum absolute atomic E-state index is 0.0885. The van der Waals surface area contributed by atoms with Gasteiger partial charge in [0, 0.05) is 35.7 Å². The SMILES string of the molecule is CSc1cccc(NC(=O)C2CCN(S(=O)(=O)c3cc4c(cc3C)NC(=O)CO4)CC2)c1. The summed E-state index contributed by atoms with van der Waals surface area (Å²) in [4.78, 5) is 25.4. The second-order valence-corrected chi connectivity index (χ2v) is 10.6. The zero-order valence-corrected chi connectivity index (χ0v) is 19.5. The number of nitrogens with one attached hydrogen (secondary N) is 2. The van der Waals surface area contributed by atoms with Crippen LogP contribution in [0.2, 0.25) is 0 Å². The van der Waals surface area contributed by atoms with Gasteiger partial charge in [-0.3, -0.25) is 9.59 Å². The number of hydrogen-bond acceptors (Lipinski definition) is 6. The van der Waals surface area contributed by atoms with Gasteiger partial charge in [0.25, 0.3) is 5.91 Å². The summed E-state index contributed by atoms with van der Waals surface area (Å²) in [6.45, 7) is 2.07. The molecule has 2 aliphatic rings. The molecule has 2 aliphatic heterocycles. The monoisotopic (exact) mass is 475 g/mol. The van der Waals surface area contributed by atoms with E-state index in [1.54, 1.807) is 24.8 Å². The van der Waals surface area contributed by atoms with E-state index in [2.05, 4.69) is 10.6 Å². The lowest BCUT2D eigenvalue weighted by Gasteiger charge is -2.31. The summed E-state index contributed by atoms with van der Waals surface area (Å²) in [5, 5.41) is 5.63. The van der Waals surface area contributed by atoms with E-state index in [1.165, 1.54) is 10.4 Å². The molecular weight excluding hydrogens is 450 g/mol. The van der Waals surface area contributed by atoms with Gasteiger partial charge in [0.15, 0.2) is 6.61 Å². The summed E-state index contributed by atoms with van der Waals surface area (Å²) in [5.41, 5.74) is 1.75.